The summed E-state index contributed by atoms with van der Waals surface area (Å²) in [5.74, 6) is 0. The lowest BCUT2D eigenvalue weighted by Gasteiger charge is -2.31. The molecular weight excluding hydrogens is 643 g/mol. The van der Waals surface area contributed by atoms with E-state index in [0.29, 0.717) is 37.4 Å². The molecule has 0 radical (unpaired) electrons. The number of pyridine rings is 1. The van der Waals surface area contributed by atoms with Crippen molar-refractivity contribution in [3.8, 4) is 22.4 Å². The molecule has 0 aliphatic carbocycles. The van der Waals surface area contributed by atoms with Gasteiger partial charge in [0.2, 0.25) is 0 Å². The predicted molar refractivity (Wildman–Crippen MR) is 194 cm³/mol. The zero-order valence-electron chi connectivity index (χ0n) is 27.7. The zero-order chi connectivity index (χ0) is 33.8. The molecule has 250 valence electrons. The Bertz CT molecular complexity index is 2180. The van der Waals surface area contributed by atoms with Gasteiger partial charge in [0, 0.05) is 31.5 Å². The molecule has 0 bridgehead atoms. The van der Waals surface area contributed by atoms with Gasteiger partial charge in [0.05, 0.1) is 45.5 Å². The summed E-state index contributed by atoms with van der Waals surface area (Å²) in [6.45, 7) is 7.11. The molecule has 7 rings (SSSR count). The van der Waals surface area contributed by atoms with Crippen LogP contribution in [0.5, 0.6) is 0 Å². The van der Waals surface area contributed by atoms with Crippen LogP contribution in [-0.2, 0) is 26.4 Å². The highest BCUT2D eigenvalue weighted by atomic mass is 32.2. The van der Waals surface area contributed by atoms with Crippen LogP contribution in [0, 0.1) is 0 Å². The Labute approximate surface area is 283 Å². The van der Waals surface area contributed by atoms with Crippen molar-refractivity contribution in [1.29, 1.82) is 0 Å². The van der Waals surface area contributed by atoms with E-state index in [0.717, 1.165) is 52.1 Å². The van der Waals surface area contributed by atoms with Crippen molar-refractivity contribution < 1.29 is 16.8 Å². The minimum atomic E-state index is -4.09. The van der Waals surface area contributed by atoms with Gasteiger partial charge in [-0.15, -0.1) is 0 Å². The van der Waals surface area contributed by atoms with Gasteiger partial charge in [0.25, 0.3) is 10.0 Å². The molecule has 0 amide bonds. The second-order valence-corrected chi connectivity index (χ2v) is 17.4. The first-order valence-corrected chi connectivity index (χ1v) is 19.8. The average molecular weight is 684 g/mol. The Hall–Kier alpha value is -4.19. The molecule has 0 atom stereocenters. The molecule has 4 heterocycles. The van der Waals surface area contributed by atoms with E-state index in [-0.39, 0.29) is 16.2 Å². The molecule has 48 heavy (non-hydrogen) atoms. The summed E-state index contributed by atoms with van der Waals surface area (Å²) >= 11 is 0. The summed E-state index contributed by atoms with van der Waals surface area (Å²) in [6.07, 6.45) is 4.39. The highest BCUT2D eigenvalue weighted by molar-refractivity contribution is 7.91. The second kappa shape index (κ2) is 12.4. The number of hydrogen-bond acceptors (Lipinski definition) is 8. The quantitative estimate of drug-likeness (QED) is 0.190. The normalized spacial score (nSPS) is 16.3. The highest BCUT2D eigenvalue weighted by Crippen LogP contribution is 2.50. The van der Waals surface area contributed by atoms with Crippen LogP contribution in [0.2, 0.25) is 0 Å². The number of anilines is 2. The van der Waals surface area contributed by atoms with Crippen LogP contribution in [0.25, 0.3) is 33.4 Å². The van der Waals surface area contributed by atoms with Gasteiger partial charge in [-0.3, -0.25) is 4.90 Å². The monoisotopic (exact) mass is 683 g/mol. The Morgan fingerprint density at radius 3 is 2.06 bits per heavy atom. The van der Waals surface area contributed by atoms with E-state index in [2.05, 4.69) is 40.7 Å². The van der Waals surface area contributed by atoms with Gasteiger partial charge in [0.1, 0.15) is 9.84 Å². The van der Waals surface area contributed by atoms with Crippen LogP contribution < -0.4 is 9.80 Å². The Kier molecular flexibility index (Phi) is 8.33. The first-order valence-electron chi connectivity index (χ1n) is 16.4. The molecule has 1 saturated heterocycles. The van der Waals surface area contributed by atoms with Crippen molar-refractivity contribution in [2.24, 2.45) is 0 Å². The smallest absolute Gasteiger partial charge is 0.269 e. The Morgan fingerprint density at radius 2 is 1.46 bits per heavy atom. The number of fused-ring (bicyclic) bond motifs is 3. The number of rotatable bonds is 8. The SMILES string of the molecule is CC(C)N1CN(C)c2cnc3c(c(-c4ccccc4)c(-c4ccc(CN5CCC(S(C)(=O)=O)CC5)cc4)n3S(=O)(=O)c3ccccc3)c21. The maximum Gasteiger partial charge on any atom is 0.269 e. The van der Waals surface area contributed by atoms with E-state index in [1.165, 1.54) is 10.2 Å². The summed E-state index contributed by atoms with van der Waals surface area (Å²) in [6, 6.07) is 26.8. The van der Waals surface area contributed by atoms with E-state index >= 15 is 0 Å². The molecule has 2 aliphatic heterocycles. The van der Waals surface area contributed by atoms with Gasteiger partial charge in [-0.2, -0.15) is 0 Å². The second-order valence-electron chi connectivity index (χ2n) is 13.3. The predicted octanol–water partition coefficient (Wildman–Crippen LogP) is 6.24. The first-order chi connectivity index (χ1) is 22.9. The third-order valence-corrected chi connectivity index (χ3v) is 13.1. The number of aromatic nitrogens is 2. The van der Waals surface area contributed by atoms with Crippen LogP contribution in [-0.4, -0.2) is 75.0 Å². The largest absolute Gasteiger partial charge is 0.354 e. The maximum atomic E-state index is 14.7. The van der Waals surface area contributed by atoms with Crippen molar-refractivity contribution in [3.63, 3.8) is 0 Å². The third-order valence-electron chi connectivity index (χ3n) is 9.70. The number of likely N-dealkylation sites (tertiary alicyclic amines) is 1. The molecule has 0 saturated carbocycles. The number of benzene rings is 3. The topological polar surface area (TPSA) is 95.8 Å². The van der Waals surface area contributed by atoms with Gasteiger partial charge in [-0.25, -0.2) is 25.8 Å². The Morgan fingerprint density at radius 1 is 0.833 bits per heavy atom. The lowest BCUT2D eigenvalue weighted by molar-refractivity contribution is 0.222. The molecular formula is C37H41N5O4S2. The average Bonchev–Trinajstić information content (AvgIpc) is 3.61. The number of piperidine rings is 1. The van der Waals surface area contributed by atoms with Crippen molar-refractivity contribution >= 4 is 42.3 Å². The van der Waals surface area contributed by atoms with Gasteiger partial charge in [-0.1, -0.05) is 72.8 Å². The van der Waals surface area contributed by atoms with E-state index in [1.54, 1.807) is 30.5 Å². The molecule has 2 aliphatic rings. The molecule has 0 unspecified atom stereocenters. The van der Waals surface area contributed by atoms with Crippen LogP contribution in [0.1, 0.15) is 32.3 Å². The van der Waals surface area contributed by atoms with Crippen LogP contribution in [0.4, 0.5) is 11.4 Å². The van der Waals surface area contributed by atoms with Crippen molar-refractivity contribution in [2.75, 3.05) is 42.9 Å². The van der Waals surface area contributed by atoms with Crippen molar-refractivity contribution in [2.45, 2.75) is 49.4 Å². The molecule has 2 aromatic heterocycles. The molecule has 0 N–H and O–H groups in total. The van der Waals surface area contributed by atoms with Crippen molar-refractivity contribution in [3.05, 3.63) is 96.7 Å². The summed E-state index contributed by atoms with van der Waals surface area (Å²) in [5, 5.41) is 0.534. The molecule has 5 aromatic rings. The summed E-state index contributed by atoms with van der Waals surface area (Å²) in [5.41, 5.74) is 6.49. The lowest BCUT2D eigenvalue weighted by Crippen LogP contribution is -2.38. The minimum Gasteiger partial charge on any atom is -0.354 e. The number of nitrogens with zero attached hydrogens (tertiary/aromatic N) is 5. The molecule has 1 fully saturated rings. The third kappa shape index (κ3) is 5.67. The molecule has 11 heteroatoms. The number of hydrogen-bond donors (Lipinski definition) is 0. The van der Waals surface area contributed by atoms with Crippen LogP contribution in [0.15, 0.2) is 96.0 Å². The Balaban J connectivity index is 1.43. The van der Waals surface area contributed by atoms with Gasteiger partial charge < -0.3 is 9.80 Å². The molecule has 0 spiro atoms. The van der Waals surface area contributed by atoms with E-state index in [9.17, 15) is 16.8 Å². The molecule has 9 nitrogen and oxygen atoms in total. The fourth-order valence-electron chi connectivity index (χ4n) is 7.16. The van der Waals surface area contributed by atoms with E-state index in [4.69, 9.17) is 4.98 Å². The van der Waals surface area contributed by atoms with E-state index < -0.39 is 19.9 Å². The zero-order valence-corrected chi connectivity index (χ0v) is 29.4. The standard InChI is InChI=1S/C37H41N5O4S2/c1-26(2)41-25-39(3)32-23-38-37-34(36(32)41)33(28-11-7-5-8-12-28)35(42(37)48(45,46)31-13-9-6-10-14-31)29-17-15-27(16-18-29)24-40-21-19-30(20-22-40)47(4,43)44/h5-18,23,26,30H,19-22,24-25H2,1-4H3. The van der Waals surface area contributed by atoms with Crippen LogP contribution >= 0.6 is 0 Å². The fourth-order valence-corrected chi connectivity index (χ4v) is 9.74. The maximum absolute atomic E-state index is 14.7. The lowest BCUT2D eigenvalue weighted by atomic mass is 9.97. The van der Waals surface area contributed by atoms with E-state index in [1.807, 2.05) is 55.6 Å². The van der Waals surface area contributed by atoms with Gasteiger partial charge in [0.15, 0.2) is 5.65 Å². The summed E-state index contributed by atoms with van der Waals surface area (Å²) in [4.78, 5) is 11.9. The number of sulfone groups is 1. The minimum absolute atomic E-state index is 0.169. The van der Waals surface area contributed by atoms with Gasteiger partial charge in [-0.05, 0) is 68.6 Å². The van der Waals surface area contributed by atoms with Crippen LogP contribution in [0.3, 0.4) is 0 Å². The fraction of sp³-hybridized carbons (Fsp3) is 0.324. The highest BCUT2D eigenvalue weighted by Gasteiger charge is 2.36. The summed E-state index contributed by atoms with van der Waals surface area (Å²) in [7, 11) is -5.08. The first kappa shape index (κ1) is 32.4. The summed E-state index contributed by atoms with van der Waals surface area (Å²) < 4.78 is 55.1. The van der Waals surface area contributed by atoms with Crippen molar-refractivity contribution in [1.82, 2.24) is 13.9 Å². The van der Waals surface area contributed by atoms with Gasteiger partial charge >= 0.3 is 0 Å². The molecule has 3 aromatic carbocycles.